The van der Waals surface area contributed by atoms with Crippen LogP contribution in [0.25, 0.3) is 0 Å². The number of carbonyl (C=O) groups excluding carboxylic acids is 2. The number of methoxy groups -OCH3 is 1. The number of rotatable bonds is 7. The second-order valence-electron chi connectivity index (χ2n) is 5.45. The molecule has 0 unspecified atom stereocenters. The highest BCUT2D eigenvalue weighted by Crippen LogP contribution is 2.28. The van der Waals surface area contributed by atoms with E-state index in [4.69, 9.17) is 9.47 Å². The number of nitro groups is 1. The second-order valence-corrected chi connectivity index (χ2v) is 5.45. The monoisotopic (exact) mass is 358 g/mol. The molecule has 2 aromatic carbocycles. The average molecular weight is 358 g/mol. The normalized spacial score (nSPS) is 10.1. The number of aryl methyl sites for hydroxylation is 1. The van der Waals surface area contributed by atoms with E-state index in [0.29, 0.717) is 0 Å². The molecule has 0 bridgehead atoms. The van der Waals surface area contributed by atoms with Crippen LogP contribution in [-0.2, 0) is 20.7 Å². The third-order valence-electron chi connectivity index (χ3n) is 3.63. The standard InChI is InChI=1S/C18H18N2O6/c1-12-5-3-4-6-13(12)9-18(22)26-11-17(21)19-15-8-7-14(20(23)24)10-16(15)25-2/h3-8,10H,9,11H2,1-2H3,(H,19,21). The minimum atomic E-state index is -0.574. The minimum Gasteiger partial charge on any atom is -0.494 e. The number of amides is 1. The second kappa shape index (κ2) is 8.61. The Labute approximate surface area is 149 Å². The van der Waals surface area contributed by atoms with Crippen LogP contribution in [0.4, 0.5) is 11.4 Å². The van der Waals surface area contributed by atoms with Crippen LogP contribution in [0.3, 0.4) is 0 Å². The lowest BCUT2D eigenvalue weighted by atomic mass is 10.1. The molecule has 0 aliphatic carbocycles. The summed E-state index contributed by atoms with van der Waals surface area (Å²) in [5.74, 6) is -0.959. The summed E-state index contributed by atoms with van der Waals surface area (Å²) in [6.07, 6.45) is 0.0702. The molecular formula is C18H18N2O6. The van der Waals surface area contributed by atoms with E-state index in [0.717, 1.165) is 11.1 Å². The minimum absolute atomic E-state index is 0.0702. The van der Waals surface area contributed by atoms with Crippen LogP contribution < -0.4 is 10.1 Å². The smallest absolute Gasteiger partial charge is 0.310 e. The average Bonchev–Trinajstić information content (AvgIpc) is 2.62. The Hall–Kier alpha value is -3.42. The lowest BCUT2D eigenvalue weighted by Crippen LogP contribution is -2.22. The molecule has 1 N–H and O–H groups in total. The largest absolute Gasteiger partial charge is 0.494 e. The number of anilines is 1. The van der Waals surface area contributed by atoms with Crippen molar-refractivity contribution in [3.8, 4) is 5.75 Å². The van der Waals surface area contributed by atoms with Gasteiger partial charge in [0, 0.05) is 6.07 Å². The molecule has 136 valence electrons. The first-order valence-corrected chi connectivity index (χ1v) is 7.73. The Kier molecular flexibility index (Phi) is 6.26. The van der Waals surface area contributed by atoms with Gasteiger partial charge in [-0.1, -0.05) is 24.3 Å². The molecule has 0 spiro atoms. The quantitative estimate of drug-likeness (QED) is 0.463. The molecular weight excluding hydrogens is 340 g/mol. The number of nitro benzene ring substituents is 1. The summed E-state index contributed by atoms with van der Waals surface area (Å²) in [6, 6.07) is 11.2. The fraction of sp³-hybridized carbons (Fsp3) is 0.222. The van der Waals surface area contributed by atoms with Crippen molar-refractivity contribution in [1.29, 1.82) is 0 Å². The van der Waals surface area contributed by atoms with Gasteiger partial charge in [0.25, 0.3) is 11.6 Å². The van der Waals surface area contributed by atoms with Crippen LogP contribution in [0.2, 0.25) is 0 Å². The number of carbonyl (C=O) groups is 2. The number of nitrogens with zero attached hydrogens (tertiary/aromatic N) is 1. The van der Waals surface area contributed by atoms with Crippen LogP contribution in [0.15, 0.2) is 42.5 Å². The van der Waals surface area contributed by atoms with E-state index in [2.05, 4.69) is 5.32 Å². The van der Waals surface area contributed by atoms with Gasteiger partial charge in [0.2, 0.25) is 0 Å². The molecule has 8 nitrogen and oxygen atoms in total. The number of non-ortho nitro benzene ring substituents is 1. The zero-order chi connectivity index (χ0) is 19.1. The van der Waals surface area contributed by atoms with Crippen LogP contribution in [0.1, 0.15) is 11.1 Å². The molecule has 0 saturated heterocycles. The predicted octanol–water partition coefficient (Wildman–Crippen LogP) is 2.64. The summed E-state index contributed by atoms with van der Waals surface area (Å²) in [5.41, 5.74) is 1.88. The van der Waals surface area contributed by atoms with E-state index in [1.165, 1.54) is 25.3 Å². The molecule has 2 aromatic rings. The van der Waals surface area contributed by atoms with Crippen molar-refractivity contribution in [2.75, 3.05) is 19.0 Å². The molecule has 26 heavy (non-hydrogen) atoms. The summed E-state index contributed by atoms with van der Waals surface area (Å²) in [5, 5.41) is 13.3. The van der Waals surface area contributed by atoms with Crippen molar-refractivity contribution >= 4 is 23.3 Å². The van der Waals surface area contributed by atoms with Gasteiger partial charge in [-0.3, -0.25) is 19.7 Å². The molecule has 0 heterocycles. The van der Waals surface area contributed by atoms with Crippen LogP contribution in [0.5, 0.6) is 5.75 Å². The summed E-state index contributed by atoms with van der Waals surface area (Å²) in [7, 11) is 1.33. The molecule has 0 aromatic heterocycles. The van der Waals surface area contributed by atoms with Crippen molar-refractivity contribution in [2.24, 2.45) is 0 Å². The third-order valence-corrected chi connectivity index (χ3v) is 3.63. The van der Waals surface area contributed by atoms with Crippen molar-refractivity contribution in [3.05, 3.63) is 63.7 Å². The first kappa shape index (κ1) is 18.9. The maximum absolute atomic E-state index is 11.9. The van der Waals surface area contributed by atoms with E-state index in [1.54, 1.807) is 0 Å². The lowest BCUT2D eigenvalue weighted by molar-refractivity contribution is -0.384. The molecule has 1 amide bonds. The van der Waals surface area contributed by atoms with Gasteiger partial charge in [-0.15, -0.1) is 0 Å². The van der Waals surface area contributed by atoms with Gasteiger partial charge in [-0.2, -0.15) is 0 Å². The highest BCUT2D eigenvalue weighted by Gasteiger charge is 2.15. The molecule has 0 saturated carbocycles. The van der Waals surface area contributed by atoms with Crippen molar-refractivity contribution in [3.63, 3.8) is 0 Å². The van der Waals surface area contributed by atoms with E-state index in [1.807, 2.05) is 31.2 Å². The Balaban J connectivity index is 1.91. The summed E-state index contributed by atoms with van der Waals surface area (Å²) >= 11 is 0. The first-order chi connectivity index (χ1) is 12.4. The van der Waals surface area contributed by atoms with Gasteiger partial charge in [0.05, 0.1) is 30.2 Å². The van der Waals surface area contributed by atoms with E-state index < -0.39 is 23.4 Å². The molecule has 8 heteroatoms. The maximum Gasteiger partial charge on any atom is 0.310 e. The zero-order valence-corrected chi connectivity index (χ0v) is 14.4. The number of benzene rings is 2. The summed E-state index contributed by atoms with van der Waals surface area (Å²) in [6.45, 7) is 1.42. The third kappa shape index (κ3) is 5.04. The number of esters is 1. The van der Waals surface area contributed by atoms with Gasteiger partial charge in [-0.05, 0) is 24.1 Å². The molecule has 0 atom stereocenters. The van der Waals surface area contributed by atoms with Crippen molar-refractivity contribution in [2.45, 2.75) is 13.3 Å². The van der Waals surface area contributed by atoms with Gasteiger partial charge in [-0.25, -0.2) is 0 Å². The first-order valence-electron chi connectivity index (χ1n) is 7.73. The Morgan fingerprint density at radius 2 is 1.92 bits per heavy atom. The lowest BCUT2D eigenvalue weighted by Gasteiger charge is -2.10. The number of hydrogen-bond donors (Lipinski definition) is 1. The van der Waals surface area contributed by atoms with Gasteiger partial charge >= 0.3 is 5.97 Å². The molecule has 2 rings (SSSR count). The summed E-state index contributed by atoms with van der Waals surface area (Å²) in [4.78, 5) is 34.0. The molecule has 0 aliphatic heterocycles. The highest BCUT2D eigenvalue weighted by molar-refractivity contribution is 5.94. The number of ether oxygens (including phenoxy) is 2. The van der Waals surface area contributed by atoms with Crippen molar-refractivity contribution < 1.29 is 24.0 Å². The topological polar surface area (TPSA) is 108 Å². The Morgan fingerprint density at radius 1 is 1.19 bits per heavy atom. The predicted molar refractivity (Wildman–Crippen MR) is 94.1 cm³/mol. The van der Waals surface area contributed by atoms with E-state index >= 15 is 0 Å². The van der Waals surface area contributed by atoms with Crippen LogP contribution in [0, 0.1) is 17.0 Å². The molecule has 0 radical (unpaired) electrons. The Bertz CT molecular complexity index is 834. The fourth-order valence-corrected chi connectivity index (χ4v) is 2.24. The molecule has 0 aliphatic rings. The Morgan fingerprint density at radius 3 is 2.58 bits per heavy atom. The highest BCUT2D eigenvalue weighted by atomic mass is 16.6. The zero-order valence-electron chi connectivity index (χ0n) is 14.4. The maximum atomic E-state index is 11.9. The van der Waals surface area contributed by atoms with Gasteiger partial charge in [0.1, 0.15) is 5.75 Å². The number of nitrogens with one attached hydrogen (secondary N) is 1. The fourth-order valence-electron chi connectivity index (χ4n) is 2.24. The van der Waals surface area contributed by atoms with E-state index in [9.17, 15) is 19.7 Å². The van der Waals surface area contributed by atoms with Crippen LogP contribution >= 0.6 is 0 Å². The van der Waals surface area contributed by atoms with Crippen LogP contribution in [-0.4, -0.2) is 30.5 Å². The SMILES string of the molecule is COc1cc([N+](=O)[O-])ccc1NC(=O)COC(=O)Cc1ccccc1C. The number of hydrogen-bond acceptors (Lipinski definition) is 6. The summed E-state index contributed by atoms with van der Waals surface area (Å²) < 4.78 is 10.00. The van der Waals surface area contributed by atoms with Gasteiger partial charge < -0.3 is 14.8 Å². The van der Waals surface area contributed by atoms with Gasteiger partial charge in [0.15, 0.2) is 6.61 Å². The van der Waals surface area contributed by atoms with Crippen molar-refractivity contribution in [1.82, 2.24) is 0 Å². The van der Waals surface area contributed by atoms with E-state index in [-0.39, 0.29) is 23.5 Å². The molecule has 0 fully saturated rings.